The lowest BCUT2D eigenvalue weighted by Crippen LogP contribution is -2.28. The standard InChI is InChI=1S/C58H41N/c1-57(2)49-26-12-9-21-44(49)46-36-35-42(37-53(46)57)59(41-33-31-39(32-34-41)38-17-5-3-6-18-38)54-30-16-25-47-45-22-10-13-27-50(45)58(56(47)54)51-28-14-11-23-48(51)55-43(24-15-29-52(55)58)40-19-7-4-8-20-40/h3-37H,1-2H3. The van der Waals surface area contributed by atoms with Crippen LogP contribution in [0.4, 0.5) is 17.1 Å². The number of benzene rings is 9. The molecule has 0 fully saturated rings. The van der Waals surface area contributed by atoms with Gasteiger partial charge >= 0.3 is 0 Å². The fourth-order valence-corrected chi connectivity index (χ4v) is 11.0. The summed E-state index contributed by atoms with van der Waals surface area (Å²) in [5.74, 6) is 0. The molecule has 0 aromatic heterocycles. The molecule has 1 heteroatoms. The highest BCUT2D eigenvalue weighted by molar-refractivity contribution is 6.03. The van der Waals surface area contributed by atoms with Gasteiger partial charge in [-0.3, -0.25) is 0 Å². The van der Waals surface area contributed by atoms with E-state index in [0.29, 0.717) is 0 Å². The van der Waals surface area contributed by atoms with Crippen molar-refractivity contribution >= 4 is 17.1 Å². The summed E-state index contributed by atoms with van der Waals surface area (Å²) in [6.45, 7) is 4.76. The molecule has 0 heterocycles. The molecule has 0 saturated heterocycles. The zero-order valence-corrected chi connectivity index (χ0v) is 33.2. The van der Waals surface area contributed by atoms with E-state index in [1.165, 1.54) is 94.7 Å². The van der Waals surface area contributed by atoms with Crippen LogP contribution in [0, 0.1) is 0 Å². The van der Waals surface area contributed by atoms with Gasteiger partial charge in [0, 0.05) is 22.4 Å². The van der Waals surface area contributed by atoms with Gasteiger partial charge in [0.05, 0.1) is 11.1 Å². The van der Waals surface area contributed by atoms with Crippen LogP contribution >= 0.6 is 0 Å². The normalized spacial score (nSPS) is 15.8. The third-order valence-electron chi connectivity index (χ3n) is 13.5. The largest absolute Gasteiger partial charge is 0.310 e. The van der Waals surface area contributed by atoms with Crippen molar-refractivity contribution in [3.63, 3.8) is 0 Å². The van der Waals surface area contributed by atoms with Crippen LogP contribution in [0.25, 0.3) is 55.6 Å². The zero-order chi connectivity index (χ0) is 39.3. The molecule has 278 valence electrons. The minimum absolute atomic E-state index is 0.141. The highest BCUT2D eigenvalue weighted by Gasteiger charge is 2.54. The van der Waals surface area contributed by atoms with Crippen molar-refractivity contribution in [1.82, 2.24) is 0 Å². The Labute approximate surface area is 346 Å². The highest BCUT2D eigenvalue weighted by atomic mass is 15.1. The molecule has 9 aromatic carbocycles. The van der Waals surface area contributed by atoms with E-state index in [9.17, 15) is 0 Å². The van der Waals surface area contributed by atoms with E-state index in [1.54, 1.807) is 0 Å². The summed E-state index contributed by atoms with van der Waals surface area (Å²) in [4.78, 5) is 2.54. The number of fused-ring (bicyclic) bond motifs is 13. The third kappa shape index (κ3) is 4.67. The van der Waals surface area contributed by atoms with Gasteiger partial charge in [0.1, 0.15) is 0 Å². The second-order valence-corrected chi connectivity index (χ2v) is 16.8. The molecule has 3 aliphatic rings. The lowest BCUT2D eigenvalue weighted by atomic mass is 9.69. The number of rotatable bonds is 5. The highest BCUT2D eigenvalue weighted by Crippen LogP contribution is 2.66. The van der Waals surface area contributed by atoms with Crippen LogP contribution in [0.3, 0.4) is 0 Å². The van der Waals surface area contributed by atoms with E-state index in [1.807, 2.05) is 0 Å². The molecular weight excluding hydrogens is 711 g/mol. The van der Waals surface area contributed by atoms with Crippen molar-refractivity contribution in [2.45, 2.75) is 24.7 Å². The molecule has 0 radical (unpaired) electrons. The molecule has 0 N–H and O–H groups in total. The maximum absolute atomic E-state index is 2.54. The van der Waals surface area contributed by atoms with E-state index in [0.717, 1.165) is 11.4 Å². The molecule has 0 amide bonds. The molecule has 12 rings (SSSR count). The van der Waals surface area contributed by atoms with Gasteiger partial charge in [-0.25, -0.2) is 0 Å². The molecule has 0 saturated carbocycles. The lowest BCUT2D eigenvalue weighted by molar-refractivity contribution is 0.660. The van der Waals surface area contributed by atoms with E-state index in [-0.39, 0.29) is 5.41 Å². The van der Waals surface area contributed by atoms with Crippen LogP contribution in [0.15, 0.2) is 212 Å². The van der Waals surface area contributed by atoms with Crippen molar-refractivity contribution in [2.75, 3.05) is 4.90 Å². The summed E-state index contributed by atoms with van der Waals surface area (Å²) >= 11 is 0. The second-order valence-electron chi connectivity index (χ2n) is 16.8. The average Bonchev–Trinajstić information content (AvgIpc) is 3.86. The van der Waals surface area contributed by atoms with Gasteiger partial charge in [0.2, 0.25) is 0 Å². The van der Waals surface area contributed by atoms with Gasteiger partial charge in [0.15, 0.2) is 0 Å². The Morgan fingerprint density at radius 3 is 1.54 bits per heavy atom. The monoisotopic (exact) mass is 751 g/mol. The summed E-state index contributed by atoms with van der Waals surface area (Å²) in [7, 11) is 0. The maximum Gasteiger partial charge on any atom is 0.0746 e. The first-order valence-corrected chi connectivity index (χ1v) is 20.8. The predicted molar refractivity (Wildman–Crippen MR) is 246 cm³/mol. The van der Waals surface area contributed by atoms with Crippen LogP contribution in [0.1, 0.15) is 47.2 Å². The number of hydrogen-bond donors (Lipinski definition) is 0. The van der Waals surface area contributed by atoms with Crippen molar-refractivity contribution in [3.05, 3.63) is 246 Å². The topological polar surface area (TPSA) is 3.24 Å². The Kier molecular flexibility index (Phi) is 7.26. The van der Waals surface area contributed by atoms with E-state index in [4.69, 9.17) is 0 Å². The Hall–Kier alpha value is -7.22. The van der Waals surface area contributed by atoms with Gasteiger partial charge in [0.25, 0.3) is 0 Å². The molecule has 3 aliphatic carbocycles. The van der Waals surface area contributed by atoms with Crippen LogP contribution in [0.2, 0.25) is 0 Å². The minimum atomic E-state index is -0.548. The Bertz CT molecular complexity index is 3120. The first-order chi connectivity index (χ1) is 29.0. The summed E-state index contributed by atoms with van der Waals surface area (Å²) in [5, 5.41) is 0. The smallest absolute Gasteiger partial charge is 0.0746 e. The van der Waals surface area contributed by atoms with E-state index < -0.39 is 5.41 Å². The molecule has 1 atom stereocenters. The molecule has 1 unspecified atom stereocenters. The van der Waals surface area contributed by atoms with Crippen LogP contribution in [0.5, 0.6) is 0 Å². The maximum atomic E-state index is 2.54. The zero-order valence-electron chi connectivity index (χ0n) is 33.2. The fraction of sp³-hybridized carbons (Fsp3) is 0.0690. The summed E-state index contributed by atoms with van der Waals surface area (Å²) < 4.78 is 0. The Morgan fingerprint density at radius 2 is 0.814 bits per heavy atom. The summed E-state index contributed by atoms with van der Waals surface area (Å²) in [6.07, 6.45) is 0. The quantitative estimate of drug-likeness (QED) is 0.169. The molecule has 1 nitrogen and oxygen atoms in total. The number of anilines is 3. The summed E-state index contributed by atoms with van der Waals surface area (Å²) in [5.41, 5.74) is 23.6. The molecule has 1 spiro atoms. The van der Waals surface area contributed by atoms with Crippen LogP contribution in [-0.2, 0) is 10.8 Å². The first-order valence-electron chi connectivity index (χ1n) is 20.8. The molecule has 9 aromatic rings. The van der Waals surface area contributed by atoms with Crippen molar-refractivity contribution in [2.24, 2.45) is 0 Å². The number of nitrogens with zero attached hydrogens (tertiary/aromatic N) is 1. The fourth-order valence-electron chi connectivity index (χ4n) is 11.0. The van der Waals surface area contributed by atoms with E-state index >= 15 is 0 Å². The van der Waals surface area contributed by atoms with Crippen molar-refractivity contribution < 1.29 is 0 Å². The van der Waals surface area contributed by atoms with E-state index in [2.05, 4.69) is 231 Å². The molecule has 59 heavy (non-hydrogen) atoms. The van der Waals surface area contributed by atoms with Gasteiger partial charge in [-0.15, -0.1) is 0 Å². The SMILES string of the molecule is CC1(C)c2ccccc2-c2ccc(N(c3ccc(-c4ccccc4)cc3)c3cccc4c3C3(c5ccccc5-4)c4ccccc4-c4c(-c5ccccc5)cccc43)cc21. The average molecular weight is 752 g/mol. The minimum Gasteiger partial charge on any atom is -0.310 e. The van der Waals surface area contributed by atoms with Gasteiger partial charge in [-0.05, 0) is 114 Å². The third-order valence-corrected chi connectivity index (χ3v) is 13.5. The van der Waals surface area contributed by atoms with Crippen LogP contribution in [-0.4, -0.2) is 0 Å². The molecule has 0 aliphatic heterocycles. The van der Waals surface area contributed by atoms with Crippen molar-refractivity contribution in [1.29, 1.82) is 0 Å². The number of hydrogen-bond acceptors (Lipinski definition) is 1. The van der Waals surface area contributed by atoms with Crippen LogP contribution < -0.4 is 4.90 Å². The Morgan fingerprint density at radius 1 is 0.322 bits per heavy atom. The second kappa shape index (κ2) is 12.6. The molecule has 0 bridgehead atoms. The first kappa shape index (κ1) is 33.9. The van der Waals surface area contributed by atoms with Gasteiger partial charge in [-0.2, -0.15) is 0 Å². The van der Waals surface area contributed by atoms with Gasteiger partial charge in [-0.1, -0.05) is 196 Å². The Balaban J connectivity index is 1.16. The summed E-state index contributed by atoms with van der Waals surface area (Å²) in [6, 6.07) is 79.2. The molecular formula is C58H41N. The van der Waals surface area contributed by atoms with Gasteiger partial charge < -0.3 is 4.90 Å². The lowest BCUT2D eigenvalue weighted by Gasteiger charge is -2.36. The van der Waals surface area contributed by atoms with Crippen molar-refractivity contribution in [3.8, 4) is 55.6 Å². The predicted octanol–water partition coefficient (Wildman–Crippen LogP) is 15.1.